The highest BCUT2D eigenvalue weighted by Gasteiger charge is 2.17. The summed E-state index contributed by atoms with van der Waals surface area (Å²) < 4.78 is 2.20. The third kappa shape index (κ3) is 4.60. The molecule has 0 atom stereocenters. The van der Waals surface area contributed by atoms with Gasteiger partial charge in [-0.3, -0.25) is 9.58 Å². The van der Waals surface area contributed by atoms with Crippen LogP contribution in [0.2, 0.25) is 0 Å². The SMILES string of the molecule is CCCCN(CCBr)Cc1ccn(C2CCCC2)n1. The number of unbranched alkanes of at least 4 members (excludes halogenated alkanes) is 1. The highest BCUT2D eigenvalue weighted by molar-refractivity contribution is 9.09. The second-order valence-corrected chi connectivity index (χ2v) is 6.34. The van der Waals surface area contributed by atoms with E-state index in [0.29, 0.717) is 6.04 Å². The Hall–Kier alpha value is -0.350. The van der Waals surface area contributed by atoms with Gasteiger partial charge in [0.2, 0.25) is 0 Å². The minimum atomic E-state index is 0.661. The molecule has 108 valence electrons. The van der Waals surface area contributed by atoms with E-state index in [0.717, 1.165) is 18.4 Å². The van der Waals surface area contributed by atoms with Crippen molar-refractivity contribution in [1.29, 1.82) is 0 Å². The summed E-state index contributed by atoms with van der Waals surface area (Å²) in [5.41, 5.74) is 1.23. The van der Waals surface area contributed by atoms with Crippen molar-refractivity contribution < 1.29 is 0 Å². The third-order valence-corrected chi connectivity index (χ3v) is 4.33. The molecular weight excluding hydrogens is 302 g/mol. The lowest BCUT2D eigenvalue weighted by molar-refractivity contribution is 0.273. The van der Waals surface area contributed by atoms with Crippen LogP contribution in [0.5, 0.6) is 0 Å². The van der Waals surface area contributed by atoms with Gasteiger partial charge in [0.25, 0.3) is 0 Å². The van der Waals surface area contributed by atoms with Crippen LogP contribution in [0.15, 0.2) is 12.3 Å². The normalized spacial score (nSPS) is 16.6. The first kappa shape index (κ1) is 15.0. The van der Waals surface area contributed by atoms with E-state index in [-0.39, 0.29) is 0 Å². The van der Waals surface area contributed by atoms with Crippen LogP contribution in [0.4, 0.5) is 0 Å². The van der Waals surface area contributed by atoms with E-state index in [1.54, 1.807) is 0 Å². The number of hydrogen-bond donors (Lipinski definition) is 0. The van der Waals surface area contributed by atoms with Crippen molar-refractivity contribution >= 4 is 15.9 Å². The molecule has 4 heteroatoms. The second-order valence-electron chi connectivity index (χ2n) is 5.54. The van der Waals surface area contributed by atoms with Crippen molar-refractivity contribution in [1.82, 2.24) is 14.7 Å². The van der Waals surface area contributed by atoms with E-state index in [2.05, 4.69) is 44.7 Å². The molecule has 1 fully saturated rings. The van der Waals surface area contributed by atoms with Gasteiger partial charge in [-0.1, -0.05) is 42.1 Å². The topological polar surface area (TPSA) is 21.1 Å². The molecule has 1 saturated carbocycles. The first-order valence-corrected chi connectivity index (χ1v) is 8.78. The molecule has 0 bridgehead atoms. The number of rotatable bonds is 8. The van der Waals surface area contributed by atoms with Crippen LogP contribution in [-0.4, -0.2) is 33.1 Å². The van der Waals surface area contributed by atoms with Crippen LogP contribution in [0.3, 0.4) is 0 Å². The second kappa shape index (κ2) is 8.05. The molecule has 19 heavy (non-hydrogen) atoms. The first-order chi connectivity index (χ1) is 9.33. The number of hydrogen-bond acceptors (Lipinski definition) is 2. The minimum absolute atomic E-state index is 0.661. The molecule has 0 saturated heterocycles. The van der Waals surface area contributed by atoms with E-state index >= 15 is 0 Å². The molecule has 1 heterocycles. The molecule has 0 spiro atoms. The van der Waals surface area contributed by atoms with Gasteiger partial charge in [-0.25, -0.2) is 0 Å². The Morgan fingerprint density at radius 2 is 2.16 bits per heavy atom. The highest BCUT2D eigenvalue weighted by Crippen LogP contribution is 2.28. The van der Waals surface area contributed by atoms with Gasteiger partial charge >= 0.3 is 0 Å². The molecule has 0 amide bonds. The predicted molar refractivity (Wildman–Crippen MR) is 83.7 cm³/mol. The van der Waals surface area contributed by atoms with Crippen molar-refractivity contribution in [2.24, 2.45) is 0 Å². The van der Waals surface area contributed by atoms with Crippen LogP contribution >= 0.6 is 15.9 Å². The van der Waals surface area contributed by atoms with Gasteiger partial charge < -0.3 is 0 Å². The van der Waals surface area contributed by atoms with Crippen molar-refractivity contribution in [3.63, 3.8) is 0 Å². The van der Waals surface area contributed by atoms with E-state index in [9.17, 15) is 0 Å². The number of alkyl halides is 1. The fourth-order valence-electron chi connectivity index (χ4n) is 2.83. The first-order valence-electron chi connectivity index (χ1n) is 7.66. The summed E-state index contributed by atoms with van der Waals surface area (Å²) in [6, 6.07) is 2.86. The van der Waals surface area contributed by atoms with Gasteiger partial charge in [-0.15, -0.1) is 0 Å². The fraction of sp³-hybridized carbons (Fsp3) is 0.800. The van der Waals surface area contributed by atoms with Crippen molar-refractivity contribution in [3.05, 3.63) is 18.0 Å². The molecule has 1 aromatic heterocycles. The standard InChI is InChI=1S/C15H26BrN3/c1-2-3-10-18(12-9-16)13-14-8-11-19(17-14)15-6-4-5-7-15/h8,11,15H,2-7,9-10,12-13H2,1H3. The number of nitrogens with zero attached hydrogens (tertiary/aromatic N) is 3. The maximum absolute atomic E-state index is 4.78. The third-order valence-electron chi connectivity index (χ3n) is 3.98. The molecule has 0 radical (unpaired) electrons. The van der Waals surface area contributed by atoms with Crippen LogP contribution in [-0.2, 0) is 6.54 Å². The van der Waals surface area contributed by atoms with Crippen molar-refractivity contribution in [2.75, 3.05) is 18.4 Å². The number of aromatic nitrogens is 2. The molecule has 0 aromatic carbocycles. The Labute approximate surface area is 125 Å². The molecular formula is C15H26BrN3. The lowest BCUT2D eigenvalue weighted by Crippen LogP contribution is -2.26. The van der Waals surface area contributed by atoms with Gasteiger partial charge in [0.15, 0.2) is 0 Å². The van der Waals surface area contributed by atoms with Crippen LogP contribution in [0.25, 0.3) is 0 Å². The summed E-state index contributed by atoms with van der Waals surface area (Å²) in [7, 11) is 0. The van der Waals surface area contributed by atoms with E-state index in [4.69, 9.17) is 5.10 Å². The van der Waals surface area contributed by atoms with Gasteiger partial charge in [-0.05, 0) is 31.9 Å². The highest BCUT2D eigenvalue weighted by atomic mass is 79.9. The van der Waals surface area contributed by atoms with E-state index < -0.39 is 0 Å². The smallest absolute Gasteiger partial charge is 0.0764 e. The van der Waals surface area contributed by atoms with Gasteiger partial charge in [0.1, 0.15) is 0 Å². The molecule has 0 N–H and O–H groups in total. The average Bonchev–Trinajstić information content (AvgIpc) is 3.06. The summed E-state index contributed by atoms with van der Waals surface area (Å²) >= 11 is 3.55. The summed E-state index contributed by atoms with van der Waals surface area (Å²) in [4.78, 5) is 2.50. The van der Waals surface area contributed by atoms with E-state index in [1.807, 2.05) is 0 Å². The van der Waals surface area contributed by atoms with E-state index in [1.165, 1.54) is 50.8 Å². The van der Waals surface area contributed by atoms with Crippen LogP contribution in [0.1, 0.15) is 57.2 Å². The van der Waals surface area contributed by atoms with Crippen molar-refractivity contribution in [2.45, 2.75) is 58.0 Å². The predicted octanol–water partition coefficient (Wildman–Crippen LogP) is 4.00. The zero-order valence-electron chi connectivity index (χ0n) is 12.0. The molecule has 1 aliphatic rings. The fourth-order valence-corrected chi connectivity index (χ4v) is 3.34. The Morgan fingerprint density at radius 1 is 1.37 bits per heavy atom. The molecule has 1 aromatic rings. The van der Waals surface area contributed by atoms with Gasteiger partial charge in [0, 0.05) is 24.6 Å². The molecule has 0 unspecified atom stereocenters. The summed E-state index contributed by atoms with van der Waals surface area (Å²) in [6.45, 7) is 5.53. The molecule has 1 aliphatic carbocycles. The molecule has 0 aliphatic heterocycles. The zero-order valence-corrected chi connectivity index (χ0v) is 13.6. The Bertz CT molecular complexity index is 358. The monoisotopic (exact) mass is 327 g/mol. The maximum Gasteiger partial charge on any atom is 0.0764 e. The molecule has 2 rings (SSSR count). The van der Waals surface area contributed by atoms with Crippen LogP contribution < -0.4 is 0 Å². The summed E-state index contributed by atoms with van der Waals surface area (Å²) in [5.74, 6) is 0. The minimum Gasteiger partial charge on any atom is -0.297 e. The summed E-state index contributed by atoms with van der Waals surface area (Å²) in [5, 5.41) is 5.82. The van der Waals surface area contributed by atoms with Gasteiger partial charge in [-0.2, -0.15) is 5.10 Å². The van der Waals surface area contributed by atoms with Crippen molar-refractivity contribution in [3.8, 4) is 0 Å². The van der Waals surface area contributed by atoms with Gasteiger partial charge in [0.05, 0.1) is 11.7 Å². The molecule has 3 nitrogen and oxygen atoms in total. The Morgan fingerprint density at radius 3 is 2.84 bits per heavy atom. The number of halogens is 1. The maximum atomic E-state index is 4.78. The average molecular weight is 328 g/mol. The Balaban J connectivity index is 1.89. The quantitative estimate of drug-likeness (QED) is 0.673. The Kier molecular flexibility index (Phi) is 6.38. The largest absolute Gasteiger partial charge is 0.297 e. The van der Waals surface area contributed by atoms with Crippen LogP contribution in [0, 0.1) is 0 Å². The lowest BCUT2D eigenvalue weighted by atomic mass is 10.3. The lowest BCUT2D eigenvalue weighted by Gasteiger charge is -2.19. The zero-order chi connectivity index (χ0) is 13.5. The summed E-state index contributed by atoms with van der Waals surface area (Å²) in [6.07, 6.45) is 10.1.